The molecule has 0 amide bonds. The van der Waals surface area contributed by atoms with E-state index in [2.05, 4.69) is 137 Å². The van der Waals surface area contributed by atoms with Gasteiger partial charge in [-0.2, -0.15) is 0 Å². The van der Waals surface area contributed by atoms with Crippen LogP contribution in [0, 0.1) is 19.9 Å². The van der Waals surface area contributed by atoms with Crippen LogP contribution in [-0.4, -0.2) is 19.6 Å². The normalized spacial score (nSPS) is 12.0. The Hall–Kier alpha value is -4.53. The maximum atomic E-state index is 11.3. The van der Waals surface area contributed by atoms with Crippen molar-refractivity contribution in [3.8, 4) is 45.1 Å². The van der Waals surface area contributed by atoms with Gasteiger partial charge in [0.2, 0.25) is 0 Å². The first kappa shape index (κ1) is 34.3. The summed E-state index contributed by atoms with van der Waals surface area (Å²) < 4.78 is 2.18. The number of benzene rings is 5. The number of para-hydroxylation sites is 1. The molecule has 49 heavy (non-hydrogen) atoms. The maximum Gasteiger partial charge on any atom is 0.148 e. The minimum Gasteiger partial charge on any atom is -0.507 e. The van der Waals surface area contributed by atoms with E-state index in [1.165, 1.54) is 11.1 Å². The van der Waals surface area contributed by atoms with E-state index in [0.29, 0.717) is 5.82 Å². The molecular weight excluding hydrogens is 782 g/mol. The van der Waals surface area contributed by atoms with Crippen molar-refractivity contribution in [3.63, 3.8) is 0 Å². The molecule has 0 saturated carbocycles. The molecule has 0 aliphatic rings. The Morgan fingerprint density at radius 1 is 0.673 bits per heavy atom. The second kappa shape index (κ2) is 12.7. The van der Waals surface area contributed by atoms with E-state index in [1.54, 1.807) is 0 Å². The smallest absolute Gasteiger partial charge is 0.148 e. The van der Waals surface area contributed by atoms with Gasteiger partial charge in [0.15, 0.2) is 0 Å². The van der Waals surface area contributed by atoms with Gasteiger partial charge < -0.3 is 5.11 Å². The van der Waals surface area contributed by atoms with E-state index in [-0.39, 0.29) is 37.6 Å². The number of aromatic nitrogens is 3. The molecule has 1 N–H and O–H groups in total. The minimum atomic E-state index is -0.0179. The Kier molecular flexibility index (Phi) is 8.92. The zero-order valence-electron chi connectivity index (χ0n) is 29.4. The number of aryl methyl sites for hydroxylation is 2. The zero-order valence-corrected chi connectivity index (χ0v) is 31.7. The largest absolute Gasteiger partial charge is 0.507 e. The summed E-state index contributed by atoms with van der Waals surface area (Å²) in [5.74, 6) is 0.934. The van der Waals surface area contributed by atoms with Crippen molar-refractivity contribution in [1.29, 1.82) is 0 Å². The first-order chi connectivity index (χ1) is 22.8. The molecule has 0 radical (unpaired) electrons. The molecule has 7 rings (SSSR count). The third kappa shape index (κ3) is 6.35. The first-order valence-electron chi connectivity index (χ1n) is 16.6. The number of phenolic OH excluding ortho intramolecular Hbond substituents is 1. The van der Waals surface area contributed by atoms with Crippen molar-refractivity contribution in [2.24, 2.45) is 0 Å². The van der Waals surface area contributed by atoms with Gasteiger partial charge >= 0.3 is 0 Å². The Bertz CT molecular complexity index is 2310. The SMILES string of the molecule is Cc1cc(C)c(-c2nc3c(-c4[c-]c(-c5cc(C(C)(C)C)cc6cccnc56)ccc4)cccc3n2-c2ccc(C(C)(C)C)cc2)c(O)c1.[Pt]. The van der Waals surface area contributed by atoms with E-state index >= 15 is 0 Å². The average Bonchev–Trinajstić information content (AvgIpc) is 3.42. The van der Waals surface area contributed by atoms with Gasteiger partial charge in [-0.25, -0.2) is 4.98 Å². The third-order valence-corrected chi connectivity index (χ3v) is 9.31. The minimum absolute atomic E-state index is 0. The quantitative estimate of drug-likeness (QED) is 0.180. The number of aromatic hydroxyl groups is 1. The molecule has 4 nitrogen and oxygen atoms in total. The Labute approximate surface area is 304 Å². The van der Waals surface area contributed by atoms with Gasteiger partial charge in [-0.15, -0.1) is 35.4 Å². The number of fused-ring (bicyclic) bond motifs is 2. The van der Waals surface area contributed by atoms with Crippen LogP contribution in [0.3, 0.4) is 0 Å². The molecule has 0 unspecified atom stereocenters. The van der Waals surface area contributed by atoms with Gasteiger partial charge in [0, 0.05) is 38.5 Å². The molecule has 2 aromatic heterocycles. The van der Waals surface area contributed by atoms with Gasteiger partial charge in [-0.3, -0.25) is 9.55 Å². The van der Waals surface area contributed by atoms with Crippen LogP contribution in [-0.2, 0) is 31.9 Å². The maximum absolute atomic E-state index is 11.3. The van der Waals surface area contributed by atoms with Crippen molar-refractivity contribution in [2.75, 3.05) is 0 Å². The molecule has 5 aromatic carbocycles. The van der Waals surface area contributed by atoms with E-state index in [1.807, 2.05) is 32.2 Å². The van der Waals surface area contributed by atoms with Crippen LogP contribution in [0.15, 0.2) is 103 Å². The van der Waals surface area contributed by atoms with E-state index in [9.17, 15) is 5.11 Å². The fourth-order valence-corrected chi connectivity index (χ4v) is 6.71. The molecule has 250 valence electrons. The Morgan fingerprint density at radius 2 is 1.35 bits per heavy atom. The van der Waals surface area contributed by atoms with Crippen molar-refractivity contribution in [3.05, 3.63) is 132 Å². The molecule has 0 fully saturated rings. The number of rotatable bonds is 4. The van der Waals surface area contributed by atoms with Crippen LogP contribution in [0.4, 0.5) is 0 Å². The van der Waals surface area contributed by atoms with E-state index < -0.39 is 0 Å². The van der Waals surface area contributed by atoms with Gasteiger partial charge in [0.1, 0.15) is 11.6 Å². The second-order valence-corrected chi connectivity index (χ2v) is 15.0. The number of pyridine rings is 1. The molecule has 2 heterocycles. The fourth-order valence-electron chi connectivity index (χ4n) is 6.71. The summed E-state index contributed by atoms with van der Waals surface area (Å²) in [4.78, 5) is 10.1. The molecule has 0 saturated heterocycles. The van der Waals surface area contributed by atoms with Crippen molar-refractivity contribution in [2.45, 2.75) is 66.2 Å². The first-order valence-corrected chi connectivity index (χ1v) is 16.6. The summed E-state index contributed by atoms with van der Waals surface area (Å²) in [6.07, 6.45) is 1.86. The molecule has 0 aliphatic heterocycles. The standard InChI is InChI=1S/C44H42N3O.Pt/c1-27-22-28(2)39(38(48)23-27)42-46-41-35(15-10-16-37(41)47(42)34-19-17-32(18-20-34)43(3,4)5)29-12-9-13-30(24-29)36-26-33(44(6,7)8)25-31-14-11-21-45-40(31)36;/h9-23,25-26,48H,1-8H3;/q-1;. The average molecular weight is 824 g/mol. The molecule has 0 atom stereocenters. The Morgan fingerprint density at radius 3 is 2.02 bits per heavy atom. The van der Waals surface area contributed by atoms with Crippen LogP contribution in [0.2, 0.25) is 0 Å². The van der Waals surface area contributed by atoms with Gasteiger partial charge in [0.25, 0.3) is 0 Å². The summed E-state index contributed by atoms with van der Waals surface area (Å²) in [7, 11) is 0. The second-order valence-electron chi connectivity index (χ2n) is 15.0. The fraction of sp³-hybridized carbons (Fsp3) is 0.227. The number of imidazole rings is 1. The number of hydrogen-bond acceptors (Lipinski definition) is 3. The van der Waals surface area contributed by atoms with Crippen LogP contribution in [0.25, 0.3) is 61.3 Å². The molecule has 0 aliphatic carbocycles. The van der Waals surface area contributed by atoms with Crippen LogP contribution in [0.1, 0.15) is 63.8 Å². The third-order valence-electron chi connectivity index (χ3n) is 9.31. The van der Waals surface area contributed by atoms with Crippen molar-refractivity contribution in [1.82, 2.24) is 14.5 Å². The number of hydrogen-bond donors (Lipinski definition) is 1. The van der Waals surface area contributed by atoms with Gasteiger partial charge in [-0.05, 0) is 82.6 Å². The molecule has 5 heteroatoms. The zero-order chi connectivity index (χ0) is 34.0. The van der Waals surface area contributed by atoms with E-state index in [0.717, 1.165) is 66.6 Å². The summed E-state index contributed by atoms with van der Waals surface area (Å²) in [6, 6.07) is 37.7. The van der Waals surface area contributed by atoms with Gasteiger partial charge in [-0.1, -0.05) is 101 Å². The summed E-state index contributed by atoms with van der Waals surface area (Å²) in [5, 5.41) is 12.4. The monoisotopic (exact) mass is 823 g/mol. The Balaban J connectivity index is 0.00000417. The van der Waals surface area contributed by atoms with Crippen molar-refractivity contribution >= 4 is 21.9 Å². The topological polar surface area (TPSA) is 50.9 Å². The summed E-state index contributed by atoms with van der Waals surface area (Å²) in [5.41, 5.74) is 13.0. The predicted molar refractivity (Wildman–Crippen MR) is 200 cm³/mol. The van der Waals surface area contributed by atoms with Crippen LogP contribution >= 0.6 is 0 Å². The van der Waals surface area contributed by atoms with E-state index in [4.69, 9.17) is 9.97 Å². The van der Waals surface area contributed by atoms with Crippen LogP contribution < -0.4 is 0 Å². The summed E-state index contributed by atoms with van der Waals surface area (Å²) >= 11 is 0. The number of phenols is 1. The predicted octanol–water partition coefficient (Wildman–Crippen LogP) is 11.3. The molecule has 7 aromatic rings. The van der Waals surface area contributed by atoms with Crippen molar-refractivity contribution < 1.29 is 26.2 Å². The molecule has 0 spiro atoms. The molecule has 0 bridgehead atoms. The summed E-state index contributed by atoms with van der Waals surface area (Å²) in [6.45, 7) is 17.4. The van der Waals surface area contributed by atoms with Crippen LogP contribution in [0.5, 0.6) is 5.75 Å². The van der Waals surface area contributed by atoms with Gasteiger partial charge in [0.05, 0.1) is 16.6 Å². The number of nitrogens with zero attached hydrogens (tertiary/aromatic N) is 3. The molecular formula is C44H42N3OPt-.